The van der Waals surface area contributed by atoms with Crippen LogP contribution in [0.5, 0.6) is 0 Å². The molecule has 0 N–H and O–H groups in total. The van der Waals surface area contributed by atoms with Crippen LogP contribution in [0.1, 0.15) is 65.7 Å². The number of allylic oxidation sites excluding steroid dienone is 1. The van der Waals surface area contributed by atoms with E-state index >= 15 is 0 Å². The van der Waals surface area contributed by atoms with Crippen LogP contribution in [0.4, 0.5) is 0 Å². The van der Waals surface area contributed by atoms with Gasteiger partial charge < -0.3 is 0 Å². The molecule has 110 valence electrons. The van der Waals surface area contributed by atoms with Gasteiger partial charge in [-0.25, -0.2) is 0 Å². The Kier molecular flexibility index (Phi) is 7.05. The highest BCUT2D eigenvalue weighted by Gasteiger charge is 2.38. The van der Waals surface area contributed by atoms with E-state index in [1.54, 1.807) is 5.33 Å². The zero-order valence-electron chi connectivity index (χ0n) is 13.6. The summed E-state index contributed by atoms with van der Waals surface area (Å²) in [5.74, 6) is 0. The van der Waals surface area contributed by atoms with Crippen molar-refractivity contribution in [1.29, 1.82) is 0 Å². The molecule has 0 spiro atoms. The lowest BCUT2D eigenvalue weighted by molar-refractivity contribution is 0.639. The number of hydrogen-bond acceptors (Lipinski definition) is 1. The molecule has 1 rings (SSSR count). The first-order chi connectivity index (χ1) is 9.06. The molecule has 2 heteroatoms. The molecule has 0 bridgehead atoms. The Morgan fingerprint density at radius 1 is 1.21 bits per heavy atom. The topological polar surface area (TPSA) is 12.4 Å². The first-order valence-corrected chi connectivity index (χ1v) is 11.0. The van der Waals surface area contributed by atoms with Gasteiger partial charge in [0, 0.05) is 6.54 Å². The van der Waals surface area contributed by atoms with Gasteiger partial charge in [-0.15, -0.1) is 6.58 Å². The van der Waals surface area contributed by atoms with E-state index in [9.17, 15) is 0 Å². The van der Waals surface area contributed by atoms with Crippen LogP contribution in [0.15, 0.2) is 17.1 Å². The Labute approximate surface area is 121 Å². The zero-order chi connectivity index (χ0) is 14.3. The lowest BCUT2D eigenvalue weighted by Crippen LogP contribution is -2.45. The van der Waals surface area contributed by atoms with Crippen molar-refractivity contribution in [2.24, 2.45) is 4.99 Å². The highest BCUT2D eigenvalue weighted by molar-refractivity contribution is 7.07. The van der Waals surface area contributed by atoms with E-state index < -0.39 is 8.07 Å². The quantitative estimate of drug-likeness (QED) is 0.447. The molecule has 2 atom stereocenters. The van der Waals surface area contributed by atoms with Crippen molar-refractivity contribution in [3.05, 3.63) is 12.2 Å². The number of aliphatic imine (C=N–C) groups is 1. The van der Waals surface area contributed by atoms with E-state index in [1.807, 2.05) is 0 Å². The minimum absolute atomic E-state index is 0.719. The molecule has 0 fully saturated rings. The van der Waals surface area contributed by atoms with Gasteiger partial charge in [0.1, 0.15) is 8.07 Å². The maximum Gasteiger partial charge on any atom is 0.108 e. The molecule has 0 aromatic carbocycles. The summed E-state index contributed by atoms with van der Waals surface area (Å²) in [4.78, 5) is 5.07. The van der Waals surface area contributed by atoms with Gasteiger partial charge in [-0.1, -0.05) is 57.7 Å². The molecular formula is C17H33NSi. The van der Waals surface area contributed by atoms with E-state index in [0.717, 1.165) is 12.1 Å². The molecule has 1 aliphatic rings. The van der Waals surface area contributed by atoms with Gasteiger partial charge in [0.05, 0.1) is 0 Å². The van der Waals surface area contributed by atoms with Gasteiger partial charge in [-0.05, 0) is 37.1 Å². The minimum Gasteiger partial charge on any atom is -0.299 e. The van der Waals surface area contributed by atoms with E-state index in [0.29, 0.717) is 0 Å². The summed E-state index contributed by atoms with van der Waals surface area (Å²) in [5, 5.41) is 1.62. The molecular weight excluding hydrogens is 246 g/mol. The molecule has 1 aliphatic heterocycles. The van der Waals surface area contributed by atoms with Gasteiger partial charge in [0.2, 0.25) is 0 Å². The van der Waals surface area contributed by atoms with E-state index in [-0.39, 0.29) is 0 Å². The first-order valence-electron chi connectivity index (χ1n) is 8.25. The SMILES string of the molecule is C=C(C)C(CC)[Si](C)(CC)C1=NCCCCCCC1. The predicted molar refractivity (Wildman–Crippen MR) is 91.0 cm³/mol. The number of rotatable bonds is 5. The molecule has 0 saturated carbocycles. The molecule has 0 aromatic heterocycles. The van der Waals surface area contributed by atoms with Crippen molar-refractivity contribution >= 4 is 13.4 Å². The van der Waals surface area contributed by atoms with Crippen LogP contribution in [0.2, 0.25) is 18.1 Å². The highest BCUT2D eigenvalue weighted by atomic mass is 28.3. The molecule has 0 radical (unpaired) electrons. The Balaban J connectivity index is 2.98. The van der Waals surface area contributed by atoms with Gasteiger partial charge in [0.25, 0.3) is 0 Å². The third-order valence-electron chi connectivity index (χ3n) is 5.04. The fourth-order valence-electron chi connectivity index (χ4n) is 3.69. The smallest absolute Gasteiger partial charge is 0.108 e. The number of hydrogen-bond donors (Lipinski definition) is 0. The minimum atomic E-state index is -1.44. The maximum absolute atomic E-state index is 5.07. The normalized spacial score (nSPS) is 22.4. The van der Waals surface area contributed by atoms with Crippen LogP contribution < -0.4 is 0 Å². The largest absolute Gasteiger partial charge is 0.299 e. The molecule has 1 nitrogen and oxygen atoms in total. The molecule has 0 aromatic rings. The lowest BCUT2D eigenvalue weighted by atomic mass is 10.1. The Morgan fingerprint density at radius 2 is 1.84 bits per heavy atom. The number of nitrogens with zero attached hydrogens (tertiary/aromatic N) is 1. The average molecular weight is 280 g/mol. The maximum atomic E-state index is 5.07. The summed E-state index contributed by atoms with van der Waals surface area (Å²) in [7, 11) is -1.44. The highest BCUT2D eigenvalue weighted by Crippen LogP contribution is 2.37. The zero-order valence-corrected chi connectivity index (χ0v) is 14.6. The van der Waals surface area contributed by atoms with Crippen LogP contribution in [0, 0.1) is 0 Å². The predicted octanol–water partition coefficient (Wildman–Crippen LogP) is 5.78. The Hall–Kier alpha value is -0.373. The van der Waals surface area contributed by atoms with Gasteiger partial charge in [-0.2, -0.15) is 0 Å². The summed E-state index contributed by atoms with van der Waals surface area (Å²) >= 11 is 0. The van der Waals surface area contributed by atoms with Crippen LogP contribution in [-0.4, -0.2) is 20.0 Å². The second-order valence-electron chi connectivity index (χ2n) is 6.42. The summed E-state index contributed by atoms with van der Waals surface area (Å²) in [5.41, 5.74) is 2.11. The Morgan fingerprint density at radius 3 is 2.42 bits per heavy atom. The van der Waals surface area contributed by atoms with Crippen molar-refractivity contribution in [3.63, 3.8) is 0 Å². The third-order valence-corrected chi connectivity index (χ3v) is 10.7. The van der Waals surface area contributed by atoms with Crippen LogP contribution in [0.25, 0.3) is 0 Å². The summed E-state index contributed by atoms with van der Waals surface area (Å²) in [6.45, 7) is 14.8. The van der Waals surface area contributed by atoms with Crippen molar-refractivity contribution in [2.75, 3.05) is 6.54 Å². The molecule has 1 heterocycles. The summed E-state index contributed by atoms with van der Waals surface area (Å²) in [6, 6.07) is 1.32. The molecule has 2 unspecified atom stereocenters. The lowest BCUT2D eigenvalue weighted by Gasteiger charge is -2.36. The van der Waals surface area contributed by atoms with Gasteiger partial charge in [0.15, 0.2) is 0 Å². The van der Waals surface area contributed by atoms with E-state index in [4.69, 9.17) is 4.99 Å². The first kappa shape index (κ1) is 16.7. The standard InChI is InChI=1S/C17H33NSi/c1-6-16(15(3)4)19(5,7-2)17-13-11-9-8-10-12-14-18-17/h16H,3,6-14H2,1-2,4-5H3. The van der Waals surface area contributed by atoms with Crippen molar-refractivity contribution < 1.29 is 0 Å². The van der Waals surface area contributed by atoms with Crippen LogP contribution in [-0.2, 0) is 0 Å². The second-order valence-corrected chi connectivity index (χ2v) is 11.2. The van der Waals surface area contributed by atoms with E-state index in [1.165, 1.54) is 56.6 Å². The van der Waals surface area contributed by atoms with Gasteiger partial charge in [-0.3, -0.25) is 4.99 Å². The fraction of sp³-hybridized carbons (Fsp3) is 0.824. The van der Waals surface area contributed by atoms with E-state index in [2.05, 4.69) is 33.9 Å². The molecule has 19 heavy (non-hydrogen) atoms. The third kappa shape index (κ3) is 4.30. The molecule has 0 aliphatic carbocycles. The van der Waals surface area contributed by atoms with Crippen molar-refractivity contribution in [1.82, 2.24) is 0 Å². The van der Waals surface area contributed by atoms with Gasteiger partial charge >= 0.3 is 0 Å². The Bertz CT molecular complexity index is 321. The van der Waals surface area contributed by atoms with Crippen LogP contribution >= 0.6 is 0 Å². The summed E-state index contributed by atoms with van der Waals surface area (Å²) < 4.78 is 0. The second kappa shape index (κ2) is 8.03. The monoisotopic (exact) mass is 279 g/mol. The van der Waals surface area contributed by atoms with Crippen molar-refractivity contribution in [3.8, 4) is 0 Å². The fourth-order valence-corrected chi connectivity index (χ4v) is 8.20. The summed E-state index contributed by atoms with van der Waals surface area (Å²) in [6.07, 6.45) is 9.34. The van der Waals surface area contributed by atoms with Crippen molar-refractivity contribution in [2.45, 2.75) is 83.8 Å². The average Bonchev–Trinajstić information content (AvgIpc) is 2.52. The molecule has 0 saturated heterocycles. The molecule has 0 amide bonds. The van der Waals surface area contributed by atoms with Crippen LogP contribution in [0.3, 0.4) is 0 Å².